The Morgan fingerprint density at radius 1 is 1.83 bits per heavy atom. The topological polar surface area (TPSA) is 15.0 Å². The van der Waals surface area contributed by atoms with Gasteiger partial charge in [-0.25, -0.2) is 0 Å². The van der Waals surface area contributed by atoms with Crippen molar-refractivity contribution < 1.29 is 0 Å². The Kier molecular flexibility index (Phi) is 0.231. The second-order valence-corrected chi connectivity index (χ2v) is 1.69. The molecule has 0 bridgehead atoms. The van der Waals surface area contributed by atoms with Gasteiger partial charge in [-0.1, -0.05) is 0 Å². The third-order valence-corrected chi connectivity index (χ3v) is 1.21. The summed E-state index contributed by atoms with van der Waals surface area (Å²) in [5.74, 6) is 0. The van der Waals surface area contributed by atoms with Gasteiger partial charge in [-0.05, 0) is 0 Å². The lowest BCUT2D eigenvalue weighted by Gasteiger charge is -1.80. The first-order chi connectivity index (χ1) is 2.97. The lowest BCUT2D eigenvalue weighted by Crippen LogP contribution is -2.05. The highest BCUT2D eigenvalue weighted by Gasteiger charge is 2.32. The number of fused-ring (bicyclic) bond motifs is 1. The quantitative estimate of drug-likeness (QED) is 0.404. The van der Waals surface area contributed by atoms with Crippen molar-refractivity contribution >= 4 is 0 Å². The maximum absolute atomic E-state index is 3.14. The molecule has 1 N–H and O–H groups in total. The molecular formula is C4H6N2. The van der Waals surface area contributed by atoms with Crippen LogP contribution in [0.3, 0.4) is 0 Å². The third kappa shape index (κ3) is 0.142. The molecule has 2 heteroatoms. The molecule has 0 amide bonds. The zero-order valence-electron chi connectivity index (χ0n) is 3.39. The summed E-state index contributed by atoms with van der Waals surface area (Å²) in [4.78, 5) is 2.24. The van der Waals surface area contributed by atoms with Gasteiger partial charge in [0.2, 0.25) is 0 Å². The van der Waals surface area contributed by atoms with E-state index in [0.717, 1.165) is 0 Å². The molecule has 2 nitrogen and oxygen atoms in total. The fraction of sp³-hybridized carbons (Fsp3) is 0.500. The second-order valence-electron chi connectivity index (χ2n) is 1.69. The molecule has 2 aliphatic heterocycles. The van der Waals surface area contributed by atoms with Gasteiger partial charge in [0.15, 0.2) is 0 Å². The molecule has 0 aliphatic carbocycles. The fourth-order valence-electron chi connectivity index (χ4n) is 0.716. The van der Waals surface area contributed by atoms with Crippen LogP contribution in [-0.2, 0) is 0 Å². The minimum atomic E-state index is 0.685. The Morgan fingerprint density at radius 2 is 2.83 bits per heavy atom. The predicted octanol–water partition coefficient (Wildman–Crippen LogP) is -0.298. The van der Waals surface area contributed by atoms with Crippen LogP contribution in [0.2, 0.25) is 0 Å². The zero-order chi connectivity index (χ0) is 3.98. The summed E-state index contributed by atoms with van der Waals surface area (Å²) in [7, 11) is 0. The van der Waals surface area contributed by atoms with Crippen LogP contribution in [0.15, 0.2) is 12.4 Å². The predicted molar refractivity (Wildman–Crippen MR) is 22.8 cm³/mol. The van der Waals surface area contributed by atoms with Crippen molar-refractivity contribution in [3.63, 3.8) is 0 Å². The highest BCUT2D eigenvalue weighted by molar-refractivity contribution is 5.05. The van der Waals surface area contributed by atoms with E-state index in [0.29, 0.717) is 6.17 Å². The molecule has 2 aliphatic rings. The fourth-order valence-corrected chi connectivity index (χ4v) is 0.716. The summed E-state index contributed by atoms with van der Waals surface area (Å²) in [5, 5.41) is 3.14. The van der Waals surface area contributed by atoms with E-state index in [1.54, 1.807) is 0 Å². The number of hydrogen-bond acceptors (Lipinski definition) is 2. The highest BCUT2D eigenvalue weighted by Crippen LogP contribution is 2.17. The third-order valence-electron chi connectivity index (χ3n) is 1.21. The molecule has 1 fully saturated rings. The van der Waals surface area contributed by atoms with Gasteiger partial charge in [-0.3, -0.25) is 0 Å². The van der Waals surface area contributed by atoms with Crippen LogP contribution in [0, 0.1) is 0 Å². The van der Waals surface area contributed by atoms with Crippen molar-refractivity contribution in [2.75, 3.05) is 6.54 Å². The average molecular weight is 82.1 g/mol. The molecule has 0 aromatic rings. The van der Waals surface area contributed by atoms with E-state index in [1.165, 1.54) is 6.54 Å². The first kappa shape index (κ1) is 2.50. The Hall–Kier alpha value is -0.660. The first-order valence-corrected chi connectivity index (χ1v) is 2.15. The summed E-state index contributed by atoms with van der Waals surface area (Å²) in [6, 6.07) is 0. The standard InChI is InChI=1S/C4H6N2/c1-2-6-3-4(6)5-1/h1-2,4-5H,3H2/t4-,6?/m0/s1. The van der Waals surface area contributed by atoms with Crippen molar-refractivity contribution in [3.05, 3.63) is 12.4 Å². The Morgan fingerprint density at radius 3 is 3.00 bits per heavy atom. The molecule has 2 heterocycles. The van der Waals surface area contributed by atoms with E-state index >= 15 is 0 Å². The second kappa shape index (κ2) is 0.555. The van der Waals surface area contributed by atoms with E-state index in [2.05, 4.69) is 16.4 Å². The van der Waals surface area contributed by atoms with Crippen molar-refractivity contribution in [1.29, 1.82) is 0 Å². The highest BCUT2D eigenvalue weighted by atomic mass is 15.4. The number of nitrogens with one attached hydrogen (secondary N) is 1. The summed E-state index contributed by atoms with van der Waals surface area (Å²) in [6.07, 6.45) is 4.74. The summed E-state index contributed by atoms with van der Waals surface area (Å²) >= 11 is 0. The summed E-state index contributed by atoms with van der Waals surface area (Å²) in [6.45, 7) is 1.22. The van der Waals surface area contributed by atoms with Crippen LogP contribution < -0.4 is 5.32 Å². The first-order valence-electron chi connectivity index (χ1n) is 2.15. The molecule has 0 aromatic heterocycles. The van der Waals surface area contributed by atoms with Gasteiger partial charge in [0.25, 0.3) is 0 Å². The molecular weight excluding hydrogens is 76.1 g/mol. The maximum Gasteiger partial charge on any atom is 0.116 e. The van der Waals surface area contributed by atoms with Crippen LogP contribution >= 0.6 is 0 Å². The van der Waals surface area contributed by atoms with Crippen LogP contribution in [0.5, 0.6) is 0 Å². The van der Waals surface area contributed by atoms with Gasteiger partial charge in [-0.15, -0.1) is 0 Å². The van der Waals surface area contributed by atoms with Gasteiger partial charge in [-0.2, -0.15) is 0 Å². The average Bonchev–Trinajstić information content (AvgIpc) is 2.17. The molecule has 1 atom stereocenters. The maximum atomic E-state index is 3.14. The molecule has 1 saturated heterocycles. The molecule has 0 aromatic carbocycles. The monoisotopic (exact) mass is 82.1 g/mol. The molecule has 0 spiro atoms. The van der Waals surface area contributed by atoms with Crippen molar-refractivity contribution in [3.8, 4) is 0 Å². The lowest BCUT2D eigenvalue weighted by molar-refractivity contribution is 0.688. The SMILES string of the molecule is C1=CN2C[C@H]2N1. The minimum absolute atomic E-state index is 0.685. The number of hydrogen-bond donors (Lipinski definition) is 1. The number of nitrogens with zero attached hydrogens (tertiary/aromatic N) is 1. The van der Waals surface area contributed by atoms with Crippen LogP contribution in [0.25, 0.3) is 0 Å². The molecule has 6 heavy (non-hydrogen) atoms. The van der Waals surface area contributed by atoms with E-state index < -0.39 is 0 Å². The van der Waals surface area contributed by atoms with Crippen molar-refractivity contribution in [2.45, 2.75) is 6.17 Å². The molecule has 32 valence electrons. The minimum Gasteiger partial charge on any atom is -0.369 e. The molecule has 2 rings (SSSR count). The Labute approximate surface area is 36.4 Å². The smallest absolute Gasteiger partial charge is 0.116 e. The largest absolute Gasteiger partial charge is 0.369 e. The number of rotatable bonds is 0. The molecule has 0 unspecified atom stereocenters. The van der Waals surface area contributed by atoms with E-state index in [-0.39, 0.29) is 0 Å². The van der Waals surface area contributed by atoms with Gasteiger partial charge < -0.3 is 10.2 Å². The van der Waals surface area contributed by atoms with Gasteiger partial charge in [0.05, 0.1) is 6.54 Å². The van der Waals surface area contributed by atoms with Gasteiger partial charge >= 0.3 is 0 Å². The van der Waals surface area contributed by atoms with Gasteiger partial charge in [0.1, 0.15) is 6.17 Å². The Bertz CT molecular complexity index is 97.7. The molecule has 0 radical (unpaired) electrons. The summed E-state index contributed by atoms with van der Waals surface area (Å²) < 4.78 is 0. The van der Waals surface area contributed by atoms with E-state index in [9.17, 15) is 0 Å². The Balaban J connectivity index is 2.26. The van der Waals surface area contributed by atoms with Crippen LogP contribution in [0.4, 0.5) is 0 Å². The van der Waals surface area contributed by atoms with Gasteiger partial charge in [0, 0.05) is 12.4 Å². The zero-order valence-corrected chi connectivity index (χ0v) is 3.39. The molecule has 0 saturated carbocycles. The van der Waals surface area contributed by atoms with Crippen LogP contribution in [-0.4, -0.2) is 17.6 Å². The van der Waals surface area contributed by atoms with Crippen LogP contribution in [0.1, 0.15) is 0 Å². The normalized spacial score (nSPS) is 36.0. The van der Waals surface area contributed by atoms with Crippen molar-refractivity contribution in [2.24, 2.45) is 0 Å². The lowest BCUT2D eigenvalue weighted by atomic mass is 10.7. The summed E-state index contributed by atoms with van der Waals surface area (Å²) in [5.41, 5.74) is 0. The van der Waals surface area contributed by atoms with Crippen molar-refractivity contribution in [1.82, 2.24) is 10.2 Å². The van der Waals surface area contributed by atoms with E-state index in [1.807, 2.05) is 6.20 Å². The van der Waals surface area contributed by atoms with E-state index in [4.69, 9.17) is 0 Å².